The zero-order chi connectivity index (χ0) is 23.3. The first-order valence-corrected chi connectivity index (χ1v) is 11.2. The van der Waals surface area contributed by atoms with Crippen LogP contribution in [0, 0.1) is 11.8 Å². The molecular weight excluding hydrogens is 406 g/mol. The molecule has 0 bridgehead atoms. The summed E-state index contributed by atoms with van der Waals surface area (Å²) in [4.78, 5) is 15.5. The van der Waals surface area contributed by atoms with Gasteiger partial charge in [-0.25, -0.2) is 0 Å². The van der Waals surface area contributed by atoms with Crippen molar-refractivity contribution in [1.82, 2.24) is 4.90 Å². The van der Waals surface area contributed by atoms with Gasteiger partial charge in [0.15, 0.2) is 11.5 Å². The molecule has 0 aliphatic rings. The van der Waals surface area contributed by atoms with Crippen LogP contribution in [0.2, 0.25) is 0 Å². The van der Waals surface area contributed by atoms with Crippen molar-refractivity contribution in [2.75, 3.05) is 19.7 Å². The summed E-state index contributed by atoms with van der Waals surface area (Å²) in [5, 5.41) is 11.0. The Labute approximate surface area is 189 Å². The third-order valence-electron chi connectivity index (χ3n) is 4.99. The predicted octanol–water partition coefficient (Wildman–Crippen LogP) is 5.80. The summed E-state index contributed by atoms with van der Waals surface area (Å²) >= 11 is 0. The average Bonchev–Trinajstić information content (AvgIpc) is 2.72. The lowest BCUT2D eigenvalue weighted by Gasteiger charge is -2.26. The molecule has 32 heavy (non-hydrogen) atoms. The number of rotatable bonds is 10. The minimum absolute atomic E-state index is 0.0718. The highest BCUT2D eigenvalue weighted by Gasteiger charge is 2.19. The summed E-state index contributed by atoms with van der Waals surface area (Å²) in [6.45, 7) is 13.3. The van der Waals surface area contributed by atoms with Crippen molar-refractivity contribution in [2.45, 2.75) is 41.2 Å². The number of fused-ring (bicyclic) bond motifs is 1. The normalized spacial score (nSPS) is 11.6. The van der Waals surface area contributed by atoms with E-state index in [2.05, 4.69) is 32.6 Å². The van der Waals surface area contributed by atoms with Gasteiger partial charge in [-0.2, -0.15) is 0 Å². The van der Waals surface area contributed by atoms with Gasteiger partial charge in [-0.1, -0.05) is 39.8 Å². The topological polar surface area (TPSA) is 72.1 Å². The van der Waals surface area contributed by atoms with Crippen molar-refractivity contribution in [1.29, 1.82) is 0 Å². The van der Waals surface area contributed by atoms with E-state index in [4.69, 9.17) is 13.9 Å². The Morgan fingerprint density at radius 1 is 0.969 bits per heavy atom. The van der Waals surface area contributed by atoms with Gasteiger partial charge < -0.3 is 19.0 Å². The van der Waals surface area contributed by atoms with Crippen LogP contribution in [0.1, 0.15) is 40.2 Å². The van der Waals surface area contributed by atoms with E-state index in [1.807, 2.05) is 19.1 Å². The van der Waals surface area contributed by atoms with Gasteiger partial charge in [-0.05, 0) is 43.0 Å². The van der Waals surface area contributed by atoms with Gasteiger partial charge in [0.25, 0.3) is 0 Å². The minimum Gasteiger partial charge on any atom is -0.507 e. The molecule has 6 heteroatoms. The smallest absolute Gasteiger partial charge is 0.235 e. The molecule has 0 saturated carbocycles. The number of phenols is 1. The molecule has 3 rings (SSSR count). The van der Waals surface area contributed by atoms with E-state index >= 15 is 0 Å². The molecule has 0 atom stereocenters. The van der Waals surface area contributed by atoms with E-state index in [-0.39, 0.29) is 16.9 Å². The molecule has 1 heterocycles. The summed E-state index contributed by atoms with van der Waals surface area (Å²) in [5.74, 6) is 2.14. The molecule has 1 aromatic heterocycles. The van der Waals surface area contributed by atoms with Crippen LogP contribution in [0.15, 0.2) is 51.9 Å². The van der Waals surface area contributed by atoms with Crippen LogP contribution in [0.25, 0.3) is 11.0 Å². The number of nitrogens with zero attached hydrogens (tertiary/aromatic N) is 1. The van der Waals surface area contributed by atoms with Crippen LogP contribution in [0.3, 0.4) is 0 Å². The predicted molar refractivity (Wildman–Crippen MR) is 127 cm³/mol. The van der Waals surface area contributed by atoms with E-state index in [1.54, 1.807) is 24.3 Å². The summed E-state index contributed by atoms with van der Waals surface area (Å²) < 4.78 is 17.3. The van der Waals surface area contributed by atoms with E-state index < -0.39 is 0 Å². The Hall–Kier alpha value is -2.99. The molecule has 0 spiro atoms. The minimum atomic E-state index is -0.293. The first kappa shape index (κ1) is 23.7. The monoisotopic (exact) mass is 439 g/mol. The van der Waals surface area contributed by atoms with Gasteiger partial charge in [0.1, 0.15) is 17.6 Å². The molecule has 172 valence electrons. The lowest BCUT2D eigenvalue weighted by atomic mass is 10.1. The van der Waals surface area contributed by atoms with Gasteiger partial charge in [0.2, 0.25) is 11.2 Å². The fourth-order valence-electron chi connectivity index (χ4n) is 3.84. The molecule has 6 nitrogen and oxygen atoms in total. The SMILES string of the molecule is CCOc1ccccc1Oc1coc2c(CN(CC(C)C)CC(C)C)c(O)ccc2c1=O. The van der Waals surface area contributed by atoms with Gasteiger partial charge >= 0.3 is 0 Å². The van der Waals surface area contributed by atoms with E-state index in [1.165, 1.54) is 6.26 Å². The number of para-hydroxylation sites is 2. The number of aromatic hydroxyl groups is 1. The molecule has 2 aromatic carbocycles. The maximum Gasteiger partial charge on any atom is 0.235 e. The Balaban J connectivity index is 1.99. The molecule has 0 saturated heterocycles. The standard InChI is InChI=1S/C26H33NO5/c1-6-30-22-9-7-8-10-23(22)32-24-16-31-26-19(25(24)29)11-12-21(28)20(26)15-27(13-17(2)3)14-18(4)5/h7-12,16-18,28H,6,13-15H2,1-5H3. The number of hydrogen-bond acceptors (Lipinski definition) is 6. The quantitative estimate of drug-likeness (QED) is 0.430. The second kappa shape index (κ2) is 10.6. The third kappa shape index (κ3) is 5.62. The van der Waals surface area contributed by atoms with Gasteiger partial charge in [0, 0.05) is 19.6 Å². The molecule has 0 unspecified atom stereocenters. The van der Waals surface area contributed by atoms with Crippen molar-refractivity contribution in [3.8, 4) is 23.0 Å². The summed E-state index contributed by atoms with van der Waals surface area (Å²) in [6.07, 6.45) is 1.31. The lowest BCUT2D eigenvalue weighted by molar-refractivity contribution is 0.209. The van der Waals surface area contributed by atoms with Crippen LogP contribution >= 0.6 is 0 Å². The molecule has 0 aliphatic heterocycles. The van der Waals surface area contributed by atoms with Gasteiger partial charge in [0.05, 0.1) is 17.6 Å². The van der Waals surface area contributed by atoms with E-state index in [0.717, 1.165) is 13.1 Å². The summed E-state index contributed by atoms with van der Waals surface area (Å²) in [5.41, 5.74) is 0.707. The summed E-state index contributed by atoms with van der Waals surface area (Å²) in [7, 11) is 0. The Bertz CT molecular complexity index is 1090. The molecule has 0 radical (unpaired) electrons. The first-order chi connectivity index (χ1) is 15.3. The second-order valence-electron chi connectivity index (χ2n) is 8.83. The molecule has 0 amide bonds. The molecule has 1 N–H and O–H groups in total. The number of ether oxygens (including phenoxy) is 2. The summed E-state index contributed by atoms with van der Waals surface area (Å²) in [6, 6.07) is 10.3. The fraction of sp³-hybridized carbons (Fsp3) is 0.423. The highest BCUT2D eigenvalue weighted by Crippen LogP contribution is 2.33. The molecule has 3 aromatic rings. The number of hydrogen-bond donors (Lipinski definition) is 1. The fourth-order valence-corrected chi connectivity index (χ4v) is 3.84. The van der Waals surface area contributed by atoms with Crippen molar-refractivity contribution in [2.24, 2.45) is 11.8 Å². The zero-order valence-corrected chi connectivity index (χ0v) is 19.6. The Morgan fingerprint density at radius 3 is 2.25 bits per heavy atom. The maximum absolute atomic E-state index is 13.2. The Kier molecular flexibility index (Phi) is 7.80. The second-order valence-corrected chi connectivity index (χ2v) is 8.83. The highest BCUT2D eigenvalue weighted by atomic mass is 16.5. The van der Waals surface area contributed by atoms with Crippen LogP contribution in [0.5, 0.6) is 23.0 Å². The van der Waals surface area contributed by atoms with Crippen LogP contribution < -0.4 is 14.9 Å². The third-order valence-corrected chi connectivity index (χ3v) is 4.99. The van der Waals surface area contributed by atoms with Crippen molar-refractivity contribution in [3.05, 3.63) is 58.4 Å². The van der Waals surface area contributed by atoms with Gasteiger partial charge in [-0.15, -0.1) is 0 Å². The van der Waals surface area contributed by atoms with Gasteiger partial charge in [-0.3, -0.25) is 9.69 Å². The van der Waals surface area contributed by atoms with Crippen molar-refractivity contribution < 1.29 is 19.0 Å². The van der Waals surface area contributed by atoms with Crippen LogP contribution in [-0.4, -0.2) is 29.7 Å². The average molecular weight is 440 g/mol. The molecule has 0 aliphatic carbocycles. The highest BCUT2D eigenvalue weighted by molar-refractivity contribution is 5.83. The first-order valence-electron chi connectivity index (χ1n) is 11.2. The zero-order valence-electron chi connectivity index (χ0n) is 19.6. The molecular formula is C26H33NO5. The number of phenolic OH excluding ortho intramolecular Hbond substituents is 1. The maximum atomic E-state index is 13.2. The van der Waals surface area contributed by atoms with E-state index in [0.29, 0.717) is 53.0 Å². The lowest BCUT2D eigenvalue weighted by Crippen LogP contribution is -2.31. The van der Waals surface area contributed by atoms with Crippen LogP contribution in [0.4, 0.5) is 0 Å². The largest absolute Gasteiger partial charge is 0.507 e. The number of benzene rings is 2. The van der Waals surface area contributed by atoms with Crippen molar-refractivity contribution in [3.63, 3.8) is 0 Å². The van der Waals surface area contributed by atoms with E-state index in [9.17, 15) is 9.90 Å². The van der Waals surface area contributed by atoms with Crippen LogP contribution in [-0.2, 0) is 6.54 Å². The Morgan fingerprint density at radius 2 is 1.62 bits per heavy atom. The van der Waals surface area contributed by atoms with Crippen molar-refractivity contribution >= 4 is 11.0 Å². The molecule has 0 fully saturated rings.